The van der Waals surface area contributed by atoms with Crippen molar-refractivity contribution < 1.29 is 23.5 Å². The maximum atomic E-state index is 13.0. The molecule has 0 bridgehead atoms. The van der Waals surface area contributed by atoms with E-state index in [9.17, 15) is 14.0 Å². The normalized spacial score (nSPS) is 19.0. The zero-order chi connectivity index (χ0) is 22.3. The summed E-state index contributed by atoms with van der Waals surface area (Å²) < 4.78 is 24.3. The summed E-state index contributed by atoms with van der Waals surface area (Å²) in [6.45, 7) is 3.91. The van der Waals surface area contributed by atoms with Gasteiger partial charge in [0.2, 0.25) is 5.91 Å². The van der Waals surface area contributed by atoms with Crippen molar-refractivity contribution >= 4 is 17.5 Å². The molecule has 1 unspecified atom stereocenters. The topological polar surface area (TPSA) is 71.1 Å². The van der Waals surface area contributed by atoms with Gasteiger partial charge in [0.15, 0.2) is 0 Å². The van der Waals surface area contributed by atoms with Gasteiger partial charge in [0, 0.05) is 44.0 Å². The molecule has 0 saturated carbocycles. The Bertz CT molecular complexity index is 906. The minimum atomic E-state index is -0.343. The predicted molar refractivity (Wildman–Crippen MR) is 118 cm³/mol. The minimum absolute atomic E-state index is 0.0221. The largest absolute Gasteiger partial charge is 0.491 e. The van der Waals surface area contributed by atoms with Gasteiger partial charge in [0.05, 0.1) is 12.6 Å². The highest BCUT2D eigenvalue weighted by Gasteiger charge is 2.23. The second-order valence-corrected chi connectivity index (χ2v) is 8.09. The molecule has 32 heavy (non-hydrogen) atoms. The summed E-state index contributed by atoms with van der Waals surface area (Å²) in [5.41, 5.74) is 1.19. The summed E-state index contributed by atoms with van der Waals surface area (Å²) in [5, 5.41) is 2.76. The highest BCUT2D eigenvalue weighted by molar-refractivity contribution is 5.94. The molecule has 8 heteroatoms. The van der Waals surface area contributed by atoms with Crippen molar-refractivity contribution in [2.45, 2.75) is 18.9 Å². The number of anilines is 1. The second kappa shape index (κ2) is 10.6. The standard InChI is InChI=1S/C24H28FN3O4/c25-19-5-7-20(8-6-19)26-23(29)16-27-11-13-28(14-12-27)24(30)18-3-9-21(10-4-18)32-17-22-2-1-15-31-22/h3-10,22H,1-2,11-17H2,(H,26,29). The number of nitrogens with zero attached hydrogens (tertiary/aromatic N) is 2. The number of hydrogen-bond acceptors (Lipinski definition) is 5. The van der Waals surface area contributed by atoms with Crippen LogP contribution in [0.3, 0.4) is 0 Å². The number of ether oxygens (including phenoxy) is 2. The number of rotatable bonds is 7. The summed E-state index contributed by atoms with van der Waals surface area (Å²) in [6.07, 6.45) is 2.26. The number of carbonyl (C=O) groups is 2. The molecule has 2 aromatic carbocycles. The maximum Gasteiger partial charge on any atom is 0.253 e. The van der Waals surface area contributed by atoms with Crippen molar-refractivity contribution in [3.05, 3.63) is 59.9 Å². The van der Waals surface area contributed by atoms with Gasteiger partial charge in [-0.05, 0) is 61.4 Å². The van der Waals surface area contributed by atoms with Crippen LogP contribution in [-0.2, 0) is 9.53 Å². The van der Waals surface area contributed by atoms with Gasteiger partial charge in [-0.25, -0.2) is 4.39 Å². The molecule has 0 aliphatic carbocycles. The van der Waals surface area contributed by atoms with E-state index < -0.39 is 0 Å². The third kappa shape index (κ3) is 6.05. The molecule has 2 saturated heterocycles. The Morgan fingerprint density at radius 3 is 2.41 bits per heavy atom. The monoisotopic (exact) mass is 441 g/mol. The molecule has 2 amide bonds. The fourth-order valence-corrected chi connectivity index (χ4v) is 3.89. The van der Waals surface area contributed by atoms with Gasteiger partial charge in [-0.1, -0.05) is 0 Å². The zero-order valence-electron chi connectivity index (χ0n) is 18.0. The molecule has 170 valence electrons. The van der Waals surface area contributed by atoms with Gasteiger partial charge in [-0.15, -0.1) is 0 Å². The van der Waals surface area contributed by atoms with E-state index >= 15 is 0 Å². The molecule has 2 aromatic rings. The second-order valence-electron chi connectivity index (χ2n) is 8.09. The van der Waals surface area contributed by atoms with E-state index in [1.165, 1.54) is 24.3 Å². The van der Waals surface area contributed by atoms with Crippen LogP contribution in [0, 0.1) is 5.82 Å². The van der Waals surface area contributed by atoms with Gasteiger partial charge in [-0.3, -0.25) is 14.5 Å². The first kappa shape index (κ1) is 22.2. The van der Waals surface area contributed by atoms with Crippen molar-refractivity contribution in [1.29, 1.82) is 0 Å². The van der Waals surface area contributed by atoms with Crippen molar-refractivity contribution in [3.63, 3.8) is 0 Å². The molecule has 2 fully saturated rings. The highest BCUT2D eigenvalue weighted by atomic mass is 19.1. The average molecular weight is 442 g/mol. The summed E-state index contributed by atoms with van der Waals surface area (Å²) in [4.78, 5) is 28.8. The molecule has 2 heterocycles. The van der Waals surface area contributed by atoms with Crippen LogP contribution < -0.4 is 10.1 Å². The van der Waals surface area contributed by atoms with E-state index in [-0.39, 0.29) is 30.3 Å². The number of hydrogen-bond donors (Lipinski definition) is 1. The van der Waals surface area contributed by atoms with Gasteiger partial charge < -0.3 is 19.7 Å². The third-order valence-corrected chi connectivity index (χ3v) is 5.72. The van der Waals surface area contributed by atoms with Gasteiger partial charge in [0.25, 0.3) is 5.91 Å². The lowest BCUT2D eigenvalue weighted by atomic mass is 10.1. The first-order valence-corrected chi connectivity index (χ1v) is 11.0. The van der Waals surface area contributed by atoms with Crippen molar-refractivity contribution in [3.8, 4) is 5.75 Å². The van der Waals surface area contributed by atoms with Crippen molar-refractivity contribution in [2.24, 2.45) is 0 Å². The number of halogens is 1. The summed E-state index contributed by atoms with van der Waals surface area (Å²) >= 11 is 0. The molecule has 0 spiro atoms. The minimum Gasteiger partial charge on any atom is -0.491 e. The smallest absolute Gasteiger partial charge is 0.253 e. The molecular formula is C24H28FN3O4. The number of carbonyl (C=O) groups excluding carboxylic acids is 2. The lowest BCUT2D eigenvalue weighted by molar-refractivity contribution is -0.117. The zero-order valence-corrected chi connectivity index (χ0v) is 18.0. The van der Waals surface area contributed by atoms with Gasteiger partial charge >= 0.3 is 0 Å². The Balaban J connectivity index is 1.20. The fraction of sp³-hybridized carbons (Fsp3) is 0.417. The number of nitrogens with one attached hydrogen (secondary N) is 1. The van der Waals surface area contributed by atoms with Crippen LogP contribution in [0.4, 0.5) is 10.1 Å². The summed E-state index contributed by atoms with van der Waals surface area (Å²) in [7, 11) is 0. The molecule has 1 N–H and O–H groups in total. The molecule has 0 radical (unpaired) electrons. The SMILES string of the molecule is O=C(CN1CCN(C(=O)c2ccc(OCC3CCCO3)cc2)CC1)Nc1ccc(F)cc1. The lowest BCUT2D eigenvalue weighted by Gasteiger charge is -2.34. The first-order valence-electron chi connectivity index (χ1n) is 11.0. The summed E-state index contributed by atoms with van der Waals surface area (Å²) in [6, 6.07) is 12.9. The van der Waals surface area contributed by atoms with E-state index in [0.29, 0.717) is 44.0 Å². The summed E-state index contributed by atoms with van der Waals surface area (Å²) in [5.74, 6) is 0.208. The maximum absolute atomic E-state index is 13.0. The van der Waals surface area contributed by atoms with Crippen LogP contribution in [-0.4, -0.2) is 73.7 Å². The fourth-order valence-electron chi connectivity index (χ4n) is 3.89. The van der Waals surface area contributed by atoms with Gasteiger partial charge in [0.1, 0.15) is 18.2 Å². The number of piperazine rings is 1. The molecule has 2 aliphatic rings. The van der Waals surface area contributed by atoms with Crippen LogP contribution in [0.15, 0.2) is 48.5 Å². The quantitative estimate of drug-likeness (QED) is 0.716. The molecule has 4 rings (SSSR count). The Hall–Kier alpha value is -2.97. The third-order valence-electron chi connectivity index (χ3n) is 5.72. The van der Waals surface area contributed by atoms with E-state index in [4.69, 9.17) is 9.47 Å². The first-order chi connectivity index (χ1) is 15.6. The molecule has 0 aromatic heterocycles. The number of amides is 2. The van der Waals surface area contributed by atoms with Crippen LogP contribution in [0.1, 0.15) is 23.2 Å². The Kier molecular flexibility index (Phi) is 7.34. The van der Waals surface area contributed by atoms with E-state index in [0.717, 1.165) is 25.2 Å². The highest BCUT2D eigenvalue weighted by Crippen LogP contribution is 2.18. The predicted octanol–water partition coefficient (Wildman–Crippen LogP) is 2.78. The van der Waals surface area contributed by atoms with Crippen LogP contribution in [0.25, 0.3) is 0 Å². The van der Waals surface area contributed by atoms with E-state index in [1.807, 2.05) is 17.0 Å². The molecular weight excluding hydrogens is 413 g/mol. The Morgan fingerprint density at radius 2 is 1.75 bits per heavy atom. The molecule has 1 atom stereocenters. The van der Waals surface area contributed by atoms with E-state index in [2.05, 4.69) is 5.32 Å². The molecule has 7 nitrogen and oxygen atoms in total. The Labute approximate surface area is 187 Å². The van der Waals surface area contributed by atoms with Crippen molar-refractivity contribution in [2.75, 3.05) is 51.3 Å². The van der Waals surface area contributed by atoms with Gasteiger partial charge in [-0.2, -0.15) is 0 Å². The van der Waals surface area contributed by atoms with Crippen molar-refractivity contribution in [1.82, 2.24) is 9.80 Å². The van der Waals surface area contributed by atoms with Crippen LogP contribution >= 0.6 is 0 Å². The Morgan fingerprint density at radius 1 is 1.03 bits per heavy atom. The van der Waals surface area contributed by atoms with E-state index in [1.54, 1.807) is 17.0 Å². The average Bonchev–Trinajstić information content (AvgIpc) is 3.33. The lowest BCUT2D eigenvalue weighted by Crippen LogP contribution is -2.50. The number of benzene rings is 2. The van der Waals surface area contributed by atoms with Crippen LogP contribution in [0.5, 0.6) is 5.75 Å². The molecule has 2 aliphatic heterocycles. The van der Waals surface area contributed by atoms with Crippen LogP contribution in [0.2, 0.25) is 0 Å².